The fourth-order valence-electron chi connectivity index (χ4n) is 1.60. The van der Waals surface area contributed by atoms with Crippen molar-refractivity contribution < 1.29 is 22.4 Å². The number of amides is 2. The average Bonchev–Trinajstić information content (AvgIpc) is 2.99. The van der Waals surface area contributed by atoms with Crippen molar-refractivity contribution in [3.8, 4) is 0 Å². The van der Waals surface area contributed by atoms with Gasteiger partial charge < -0.3 is 14.6 Å². The molecule has 1 fully saturated rings. The molecule has 0 aliphatic heterocycles. The van der Waals surface area contributed by atoms with Gasteiger partial charge in [-0.1, -0.05) is 0 Å². The standard InChI is InChI=1S/C11H13F3N2O2/c12-11(13,14)7-15-10(17)16(8-3-4-8)6-9-2-1-5-18-9/h1-2,5,8H,3-4,6-7H2,(H,15,17). The van der Waals surface area contributed by atoms with E-state index in [1.54, 1.807) is 12.1 Å². The SMILES string of the molecule is O=C(NCC(F)(F)F)N(Cc1ccco1)C1CC1. The maximum Gasteiger partial charge on any atom is 0.405 e. The van der Waals surface area contributed by atoms with Gasteiger partial charge in [0, 0.05) is 6.04 Å². The van der Waals surface area contributed by atoms with Crippen molar-refractivity contribution in [2.24, 2.45) is 0 Å². The van der Waals surface area contributed by atoms with Crippen molar-refractivity contribution in [3.05, 3.63) is 24.2 Å². The molecule has 1 aromatic heterocycles. The highest BCUT2D eigenvalue weighted by atomic mass is 19.4. The summed E-state index contributed by atoms with van der Waals surface area (Å²) < 4.78 is 41.2. The summed E-state index contributed by atoms with van der Waals surface area (Å²) in [4.78, 5) is 13.1. The third kappa shape index (κ3) is 3.68. The highest BCUT2D eigenvalue weighted by Gasteiger charge is 2.35. The summed E-state index contributed by atoms with van der Waals surface area (Å²) in [6.07, 6.45) is -1.29. The highest BCUT2D eigenvalue weighted by Crippen LogP contribution is 2.28. The van der Waals surface area contributed by atoms with E-state index >= 15 is 0 Å². The third-order valence-corrected chi connectivity index (χ3v) is 2.59. The van der Waals surface area contributed by atoms with Crippen LogP contribution in [0.15, 0.2) is 22.8 Å². The molecular formula is C11H13F3N2O2. The molecule has 18 heavy (non-hydrogen) atoms. The van der Waals surface area contributed by atoms with E-state index < -0.39 is 18.8 Å². The Labute approximate surface area is 102 Å². The number of carbonyl (C=O) groups excluding carboxylic acids is 1. The van der Waals surface area contributed by atoms with Crippen molar-refractivity contribution in [3.63, 3.8) is 0 Å². The van der Waals surface area contributed by atoms with Gasteiger partial charge in [-0.2, -0.15) is 13.2 Å². The molecule has 0 atom stereocenters. The Morgan fingerprint density at radius 3 is 2.72 bits per heavy atom. The molecule has 7 heteroatoms. The molecule has 1 aliphatic carbocycles. The van der Waals surface area contributed by atoms with Crippen molar-refractivity contribution in [2.45, 2.75) is 31.6 Å². The fourth-order valence-corrected chi connectivity index (χ4v) is 1.60. The van der Waals surface area contributed by atoms with E-state index in [1.165, 1.54) is 11.2 Å². The van der Waals surface area contributed by atoms with Crippen LogP contribution in [0.2, 0.25) is 0 Å². The van der Waals surface area contributed by atoms with Gasteiger partial charge in [0.05, 0.1) is 12.8 Å². The molecule has 1 N–H and O–H groups in total. The minimum Gasteiger partial charge on any atom is -0.467 e. The molecule has 0 aromatic carbocycles. The molecule has 1 aliphatic rings. The minimum atomic E-state index is -4.39. The second-order valence-corrected chi connectivity index (χ2v) is 4.21. The second kappa shape index (κ2) is 4.91. The molecule has 0 saturated heterocycles. The lowest BCUT2D eigenvalue weighted by Gasteiger charge is -2.22. The first-order chi connectivity index (χ1) is 8.46. The van der Waals surface area contributed by atoms with Crippen LogP contribution < -0.4 is 5.32 Å². The van der Waals surface area contributed by atoms with Crippen LogP contribution in [0.5, 0.6) is 0 Å². The van der Waals surface area contributed by atoms with Crippen LogP contribution in [0.25, 0.3) is 0 Å². The molecule has 1 aromatic rings. The average molecular weight is 262 g/mol. The van der Waals surface area contributed by atoms with Crippen molar-refractivity contribution in [1.82, 2.24) is 10.2 Å². The largest absolute Gasteiger partial charge is 0.467 e. The topological polar surface area (TPSA) is 45.5 Å². The monoisotopic (exact) mass is 262 g/mol. The summed E-state index contributed by atoms with van der Waals surface area (Å²) in [6, 6.07) is 2.68. The number of furan rings is 1. The van der Waals surface area contributed by atoms with Gasteiger partial charge in [0.25, 0.3) is 0 Å². The fraction of sp³-hybridized carbons (Fsp3) is 0.545. The Bertz CT molecular complexity index is 399. The summed E-state index contributed by atoms with van der Waals surface area (Å²) in [6.45, 7) is -1.12. The van der Waals surface area contributed by atoms with Gasteiger partial charge in [-0.05, 0) is 25.0 Å². The molecule has 0 bridgehead atoms. The summed E-state index contributed by atoms with van der Waals surface area (Å²) in [5.74, 6) is 0.559. The summed E-state index contributed by atoms with van der Waals surface area (Å²) in [5.41, 5.74) is 0. The first kappa shape index (κ1) is 12.8. The molecule has 0 radical (unpaired) electrons. The van der Waals surface area contributed by atoms with E-state index in [1.807, 2.05) is 5.32 Å². The van der Waals surface area contributed by atoms with E-state index in [2.05, 4.69) is 0 Å². The zero-order valence-electron chi connectivity index (χ0n) is 9.54. The van der Waals surface area contributed by atoms with E-state index in [4.69, 9.17) is 4.42 Å². The molecule has 0 spiro atoms. The predicted molar refractivity (Wildman–Crippen MR) is 56.7 cm³/mol. The van der Waals surface area contributed by atoms with Crippen LogP contribution >= 0.6 is 0 Å². The maximum absolute atomic E-state index is 12.0. The van der Waals surface area contributed by atoms with Gasteiger partial charge in [-0.25, -0.2) is 4.79 Å². The van der Waals surface area contributed by atoms with Gasteiger partial charge in [0.15, 0.2) is 0 Å². The Hall–Kier alpha value is -1.66. The quantitative estimate of drug-likeness (QED) is 0.906. The van der Waals surface area contributed by atoms with Gasteiger partial charge in [-0.15, -0.1) is 0 Å². The first-order valence-corrected chi connectivity index (χ1v) is 5.59. The number of nitrogens with zero attached hydrogens (tertiary/aromatic N) is 1. The number of urea groups is 1. The molecule has 1 heterocycles. The Balaban J connectivity index is 1.91. The van der Waals surface area contributed by atoms with Crippen molar-refractivity contribution >= 4 is 6.03 Å². The molecule has 0 unspecified atom stereocenters. The Kier molecular flexibility index (Phi) is 3.49. The van der Waals surface area contributed by atoms with Crippen LogP contribution in [0.1, 0.15) is 18.6 Å². The van der Waals surface area contributed by atoms with Crippen LogP contribution in [-0.2, 0) is 6.54 Å². The number of alkyl halides is 3. The zero-order chi connectivity index (χ0) is 13.2. The van der Waals surface area contributed by atoms with Gasteiger partial charge in [0.1, 0.15) is 12.3 Å². The molecule has 1 saturated carbocycles. The van der Waals surface area contributed by atoms with E-state index in [0.717, 1.165) is 12.8 Å². The van der Waals surface area contributed by atoms with Crippen LogP contribution in [0.3, 0.4) is 0 Å². The molecule has 2 rings (SSSR count). The van der Waals surface area contributed by atoms with Crippen LogP contribution in [-0.4, -0.2) is 29.7 Å². The predicted octanol–water partition coefficient (Wildman–Crippen LogP) is 2.52. The third-order valence-electron chi connectivity index (χ3n) is 2.59. The lowest BCUT2D eigenvalue weighted by atomic mass is 10.4. The lowest BCUT2D eigenvalue weighted by Crippen LogP contribution is -2.44. The smallest absolute Gasteiger partial charge is 0.405 e. The summed E-state index contributed by atoms with van der Waals surface area (Å²) in [7, 11) is 0. The molecule has 4 nitrogen and oxygen atoms in total. The second-order valence-electron chi connectivity index (χ2n) is 4.21. The molecule has 100 valence electrons. The first-order valence-electron chi connectivity index (χ1n) is 5.59. The Morgan fingerprint density at radius 1 is 1.50 bits per heavy atom. The van der Waals surface area contributed by atoms with E-state index in [9.17, 15) is 18.0 Å². The normalized spacial score (nSPS) is 15.5. The minimum absolute atomic E-state index is 0.0170. The maximum atomic E-state index is 12.0. The number of nitrogens with one attached hydrogen (secondary N) is 1. The van der Waals surface area contributed by atoms with Crippen molar-refractivity contribution in [2.75, 3.05) is 6.54 Å². The van der Waals surface area contributed by atoms with Gasteiger partial charge in [0.2, 0.25) is 0 Å². The number of rotatable bonds is 4. The number of hydrogen-bond donors (Lipinski definition) is 1. The molecule has 2 amide bonds. The van der Waals surface area contributed by atoms with Crippen LogP contribution in [0.4, 0.5) is 18.0 Å². The summed E-state index contributed by atoms with van der Waals surface area (Å²) >= 11 is 0. The van der Waals surface area contributed by atoms with Crippen molar-refractivity contribution in [1.29, 1.82) is 0 Å². The number of halogens is 3. The van der Waals surface area contributed by atoms with Crippen LogP contribution in [0, 0.1) is 0 Å². The zero-order valence-corrected chi connectivity index (χ0v) is 9.54. The van der Waals surface area contributed by atoms with E-state index in [0.29, 0.717) is 5.76 Å². The molecular weight excluding hydrogens is 249 g/mol. The van der Waals surface area contributed by atoms with Gasteiger partial charge in [-0.3, -0.25) is 0 Å². The highest BCUT2D eigenvalue weighted by molar-refractivity contribution is 5.74. The van der Waals surface area contributed by atoms with E-state index in [-0.39, 0.29) is 12.6 Å². The van der Waals surface area contributed by atoms with Gasteiger partial charge >= 0.3 is 12.2 Å². The lowest BCUT2D eigenvalue weighted by molar-refractivity contribution is -0.123. The number of carbonyl (C=O) groups is 1. The number of hydrogen-bond acceptors (Lipinski definition) is 2. The Morgan fingerprint density at radius 2 is 2.22 bits per heavy atom. The summed E-state index contributed by atoms with van der Waals surface area (Å²) in [5, 5.41) is 1.88.